The van der Waals surface area contributed by atoms with Crippen molar-refractivity contribution in [2.75, 3.05) is 25.1 Å². The summed E-state index contributed by atoms with van der Waals surface area (Å²) >= 11 is 0. The van der Waals surface area contributed by atoms with Crippen LogP contribution in [0, 0.1) is 0 Å². The third-order valence-corrected chi connectivity index (χ3v) is 5.82. The van der Waals surface area contributed by atoms with Crippen molar-refractivity contribution in [3.63, 3.8) is 0 Å². The van der Waals surface area contributed by atoms with E-state index >= 15 is 0 Å². The van der Waals surface area contributed by atoms with E-state index in [1.807, 2.05) is 42.5 Å². The zero-order valence-corrected chi connectivity index (χ0v) is 19.9. The number of carboxylic acids is 1. The van der Waals surface area contributed by atoms with E-state index in [2.05, 4.69) is 25.6 Å². The molecule has 0 bridgehead atoms. The van der Waals surface area contributed by atoms with E-state index in [1.165, 1.54) is 12.7 Å². The first-order chi connectivity index (χ1) is 18.0. The summed E-state index contributed by atoms with van der Waals surface area (Å²) in [5.74, 6) is -0.833. The number of rotatable bonds is 9. The summed E-state index contributed by atoms with van der Waals surface area (Å²) in [7, 11) is 0. The lowest BCUT2D eigenvalue weighted by molar-refractivity contribution is -0.151. The van der Waals surface area contributed by atoms with Gasteiger partial charge < -0.3 is 29.4 Å². The van der Waals surface area contributed by atoms with Crippen molar-refractivity contribution in [2.45, 2.75) is 37.8 Å². The molecule has 0 saturated carbocycles. The number of fused-ring (bicyclic) bond motifs is 2. The van der Waals surface area contributed by atoms with E-state index in [9.17, 15) is 9.59 Å². The molecule has 13 heteroatoms. The Morgan fingerprint density at radius 2 is 1.95 bits per heavy atom. The summed E-state index contributed by atoms with van der Waals surface area (Å²) in [6.07, 6.45) is 3.52. The normalized spacial score (nSPS) is 24.9. The van der Waals surface area contributed by atoms with Crippen LogP contribution in [0.2, 0.25) is 0 Å². The maximum Gasteiger partial charge on any atom is 0.329 e. The third kappa shape index (κ3) is 5.44. The van der Waals surface area contributed by atoms with Crippen molar-refractivity contribution >= 4 is 35.1 Å². The van der Waals surface area contributed by atoms with E-state index in [1.54, 1.807) is 11.5 Å². The molecule has 2 fully saturated rings. The Hall–Kier alpha value is -3.91. The number of aliphatic carboxylic acids is 1. The average Bonchev–Trinajstić information content (AvgIpc) is 3.58. The van der Waals surface area contributed by atoms with Gasteiger partial charge in [0, 0.05) is 6.54 Å². The molecule has 3 aromatic rings. The Morgan fingerprint density at radius 1 is 1.14 bits per heavy atom. The molecule has 194 valence electrons. The number of nitrogens with one attached hydrogen (secondary N) is 2. The van der Waals surface area contributed by atoms with Gasteiger partial charge in [-0.1, -0.05) is 36.4 Å². The second-order valence-corrected chi connectivity index (χ2v) is 8.34. The van der Waals surface area contributed by atoms with Crippen molar-refractivity contribution in [1.29, 1.82) is 0 Å². The van der Waals surface area contributed by atoms with E-state index in [0.717, 1.165) is 5.56 Å². The molecule has 2 aromatic heterocycles. The topological polar surface area (TPSA) is 159 Å². The number of benzene rings is 1. The van der Waals surface area contributed by atoms with Crippen molar-refractivity contribution in [3.8, 4) is 0 Å². The van der Waals surface area contributed by atoms with Gasteiger partial charge >= 0.3 is 12.0 Å². The summed E-state index contributed by atoms with van der Waals surface area (Å²) in [6, 6.07) is 9.32. The molecule has 2 saturated heterocycles. The minimum atomic E-state index is -1.08. The van der Waals surface area contributed by atoms with Crippen LogP contribution in [0.15, 0.2) is 49.1 Å². The molecule has 1 aromatic carbocycles. The van der Waals surface area contributed by atoms with E-state index in [4.69, 9.17) is 24.1 Å². The molecule has 3 N–H and O–H groups in total. The molecule has 5 atom stereocenters. The lowest BCUT2D eigenvalue weighted by Crippen LogP contribution is -2.32. The second-order valence-electron chi connectivity index (χ2n) is 8.34. The molecule has 0 spiro atoms. The summed E-state index contributed by atoms with van der Waals surface area (Å²) < 4.78 is 25.5. The number of hydrogen-bond acceptors (Lipinski definition) is 9. The molecule has 2 aliphatic heterocycles. The van der Waals surface area contributed by atoms with Gasteiger partial charge in [0.1, 0.15) is 31.2 Å². The fraction of sp³-hybridized carbons (Fsp3) is 0.375. The van der Waals surface area contributed by atoms with Crippen LogP contribution in [0.4, 0.5) is 10.6 Å². The number of nitrogens with zero attached hydrogens (tertiary/aromatic N) is 4. The van der Waals surface area contributed by atoms with Crippen LogP contribution in [-0.4, -0.2) is 81.0 Å². The minimum absolute atomic E-state index is 0.00590. The van der Waals surface area contributed by atoms with Crippen LogP contribution in [-0.2, 0) is 23.7 Å². The fourth-order valence-electron chi connectivity index (χ4n) is 4.27. The molecule has 4 heterocycles. The number of ether oxygens (including phenoxy) is 4. The number of anilines is 1. The molecule has 13 nitrogen and oxygen atoms in total. The first-order valence-electron chi connectivity index (χ1n) is 11.7. The fourth-order valence-corrected chi connectivity index (χ4v) is 4.27. The van der Waals surface area contributed by atoms with Crippen LogP contribution in [0.3, 0.4) is 0 Å². The van der Waals surface area contributed by atoms with Gasteiger partial charge in [-0.15, -0.1) is 0 Å². The quantitative estimate of drug-likeness (QED) is 0.387. The first-order valence-corrected chi connectivity index (χ1v) is 11.7. The maximum absolute atomic E-state index is 12.0. The Labute approximate surface area is 211 Å². The van der Waals surface area contributed by atoms with Gasteiger partial charge in [-0.2, -0.15) is 0 Å². The molecule has 5 rings (SSSR count). The Balaban J connectivity index is 1.39. The average molecular weight is 511 g/mol. The number of imidazole rings is 1. The standard InChI is InChI=1S/C24H26N6O7/c1-2-25-24(33)29-21-18-22(27-12-26-21)30(13-28-18)23-20-19(15(35-23)10-34-11-16(31)32)36-17(37-20)9-8-14-6-4-3-5-7-14/h3-9,12-13,15,17,19-20,23H,2,10-11H2,1H3,(H,31,32)(H2,25,26,27,29,33)/t15?,17-,19?,20?,23?/m0/s1. The van der Waals surface area contributed by atoms with Crippen LogP contribution >= 0.6 is 0 Å². The lowest BCUT2D eigenvalue weighted by Gasteiger charge is -2.20. The zero-order valence-electron chi connectivity index (χ0n) is 19.9. The smallest absolute Gasteiger partial charge is 0.329 e. The molecule has 2 amide bonds. The van der Waals surface area contributed by atoms with Crippen molar-refractivity contribution in [2.24, 2.45) is 0 Å². The van der Waals surface area contributed by atoms with Gasteiger partial charge in [-0.05, 0) is 18.6 Å². The summed E-state index contributed by atoms with van der Waals surface area (Å²) in [6.45, 7) is 1.79. The Bertz CT molecular complexity index is 1280. The molecule has 4 unspecified atom stereocenters. The number of carbonyl (C=O) groups is 2. The SMILES string of the molecule is CCNC(=O)Nc1ncnc2c1ncn2C1OC(COCC(=O)O)C2O[C@H](C=Cc3ccccc3)OC21. The molecular weight excluding hydrogens is 484 g/mol. The van der Waals surface area contributed by atoms with Gasteiger partial charge in [0.05, 0.1) is 12.9 Å². The van der Waals surface area contributed by atoms with Crippen LogP contribution in [0.25, 0.3) is 17.2 Å². The molecule has 2 aliphatic rings. The van der Waals surface area contributed by atoms with Crippen LogP contribution in [0.1, 0.15) is 18.7 Å². The summed E-state index contributed by atoms with van der Waals surface area (Å²) in [4.78, 5) is 35.8. The monoisotopic (exact) mass is 510 g/mol. The van der Waals surface area contributed by atoms with Crippen molar-refractivity contribution < 1.29 is 33.6 Å². The summed E-state index contributed by atoms with van der Waals surface area (Å²) in [5, 5.41) is 14.3. The highest BCUT2D eigenvalue weighted by Gasteiger charge is 2.53. The number of urea groups is 1. The lowest BCUT2D eigenvalue weighted by atomic mass is 10.1. The number of amides is 2. The van der Waals surface area contributed by atoms with E-state index < -0.39 is 49.4 Å². The van der Waals surface area contributed by atoms with E-state index in [-0.39, 0.29) is 12.4 Å². The van der Waals surface area contributed by atoms with Crippen LogP contribution in [0.5, 0.6) is 0 Å². The largest absolute Gasteiger partial charge is 0.480 e. The number of carboxylic acid groups (broad SMARTS) is 1. The van der Waals surface area contributed by atoms with Crippen molar-refractivity contribution in [3.05, 3.63) is 54.6 Å². The van der Waals surface area contributed by atoms with Gasteiger partial charge in [0.2, 0.25) is 0 Å². The highest BCUT2D eigenvalue weighted by Crippen LogP contribution is 2.41. The van der Waals surface area contributed by atoms with Gasteiger partial charge in [-0.3, -0.25) is 9.88 Å². The molecule has 0 radical (unpaired) electrons. The highest BCUT2D eigenvalue weighted by molar-refractivity contribution is 5.95. The minimum Gasteiger partial charge on any atom is -0.480 e. The Kier molecular flexibility index (Phi) is 7.37. The van der Waals surface area contributed by atoms with E-state index in [0.29, 0.717) is 17.7 Å². The number of carbonyl (C=O) groups excluding carboxylic acids is 1. The first kappa shape index (κ1) is 24.8. The summed E-state index contributed by atoms with van der Waals surface area (Å²) in [5.41, 5.74) is 1.79. The maximum atomic E-state index is 12.0. The molecule has 37 heavy (non-hydrogen) atoms. The number of aromatic nitrogens is 4. The predicted molar refractivity (Wildman–Crippen MR) is 129 cm³/mol. The molecular formula is C24H26N6O7. The molecule has 0 aliphatic carbocycles. The second kappa shape index (κ2) is 11.0. The van der Waals surface area contributed by atoms with Crippen LogP contribution < -0.4 is 10.6 Å². The van der Waals surface area contributed by atoms with Crippen molar-refractivity contribution in [1.82, 2.24) is 24.8 Å². The third-order valence-electron chi connectivity index (χ3n) is 5.82. The zero-order chi connectivity index (χ0) is 25.8. The highest BCUT2D eigenvalue weighted by atomic mass is 16.8. The van der Waals surface area contributed by atoms with Gasteiger partial charge in [0.15, 0.2) is 29.5 Å². The van der Waals surface area contributed by atoms with Gasteiger partial charge in [-0.25, -0.2) is 24.5 Å². The predicted octanol–water partition coefficient (Wildman–Crippen LogP) is 1.79. The number of hydrogen-bond donors (Lipinski definition) is 3. The van der Waals surface area contributed by atoms with Gasteiger partial charge in [0.25, 0.3) is 0 Å². The Morgan fingerprint density at radius 3 is 2.73 bits per heavy atom.